The highest BCUT2D eigenvalue weighted by molar-refractivity contribution is 5.95. The minimum atomic E-state index is -1.77. The molecule has 0 aliphatic heterocycles. The van der Waals surface area contributed by atoms with Crippen LogP contribution in [0.15, 0.2) is 30.5 Å². The number of aliphatic carboxylic acids is 3. The van der Waals surface area contributed by atoms with Gasteiger partial charge in [0.15, 0.2) is 0 Å². The van der Waals surface area contributed by atoms with Crippen LogP contribution in [0.1, 0.15) is 45.1 Å². The molecule has 0 saturated heterocycles. The molecule has 14 nitrogen and oxygen atoms in total. The highest BCUT2D eigenvalue weighted by Gasteiger charge is 2.32. The zero-order valence-electron chi connectivity index (χ0n) is 22.2. The number of para-hydroxylation sites is 1. The molecule has 3 amide bonds. The first-order valence-corrected chi connectivity index (χ1v) is 12.7. The number of hydrogen-bond acceptors (Lipinski definition) is 7. The molecule has 0 saturated carbocycles. The van der Waals surface area contributed by atoms with Crippen LogP contribution in [0.4, 0.5) is 0 Å². The zero-order valence-corrected chi connectivity index (χ0v) is 22.2. The maximum atomic E-state index is 13.3. The number of benzene rings is 1. The van der Waals surface area contributed by atoms with Crippen molar-refractivity contribution in [3.8, 4) is 0 Å². The van der Waals surface area contributed by atoms with Gasteiger partial charge in [0.05, 0.1) is 12.5 Å². The molecule has 14 heteroatoms. The highest BCUT2D eigenvalue weighted by Crippen LogP contribution is 2.19. The Morgan fingerprint density at radius 1 is 0.875 bits per heavy atom. The maximum Gasteiger partial charge on any atom is 0.326 e. The first-order chi connectivity index (χ1) is 18.8. The predicted molar refractivity (Wildman–Crippen MR) is 142 cm³/mol. The number of carboxylic acids is 3. The summed E-state index contributed by atoms with van der Waals surface area (Å²) in [5.74, 6) is -7.04. The number of aromatic nitrogens is 1. The molecule has 0 fully saturated rings. The lowest BCUT2D eigenvalue weighted by Gasteiger charge is -2.26. The second kappa shape index (κ2) is 14.6. The summed E-state index contributed by atoms with van der Waals surface area (Å²) in [7, 11) is 0. The van der Waals surface area contributed by atoms with E-state index in [-0.39, 0.29) is 18.8 Å². The van der Waals surface area contributed by atoms with Crippen LogP contribution in [0, 0.1) is 5.92 Å². The number of fused-ring (bicyclic) bond motifs is 1. The lowest BCUT2D eigenvalue weighted by atomic mass is 9.98. The molecule has 5 atom stereocenters. The Balaban J connectivity index is 2.35. The fourth-order valence-electron chi connectivity index (χ4n) is 3.97. The molecule has 1 heterocycles. The summed E-state index contributed by atoms with van der Waals surface area (Å²) in [5.41, 5.74) is 7.29. The molecule has 2 aromatic rings. The van der Waals surface area contributed by atoms with Crippen molar-refractivity contribution < 1.29 is 44.1 Å². The standard InChI is InChI=1S/C26H35N5O9/c1-3-13(2)22(27)25(38)29-17(8-9-20(32)33)23(36)30-18(24(37)31-19(26(39)40)11-21(34)35)10-14-12-28-16-7-5-4-6-15(14)16/h4-7,12-13,17-19,22,28H,3,8-11,27H2,1-2H3,(H,29,38)(H,30,36)(H,31,37)(H,32,33)(H,34,35)(H,39,40). The molecule has 0 bridgehead atoms. The van der Waals surface area contributed by atoms with E-state index in [1.165, 1.54) is 0 Å². The summed E-state index contributed by atoms with van der Waals surface area (Å²) in [4.78, 5) is 76.0. The van der Waals surface area contributed by atoms with Crippen LogP contribution < -0.4 is 21.7 Å². The average molecular weight is 562 g/mol. The molecule has 2 rings (SSSR count). The molecule has 1 aromatic heterocycles. The number of nitrogens with two attached hydrogens (primary N) is 1. The summed E-state index contributed by atoms with van der Waals surface area (Å²) < 4.78 is 0. The number of amides is 3. The number of rotatable bonds is 16. The molecule has 40 heavy (non-hydrogen) atoms. The summed E-state index contributed by atoms with van der Waals surface area (Å²) in [5, 5.41) is 35.3. The van der Waals surface area contributed by atoms with Gasteiger partial charge in [0.2, 0.25) is 17.7 Å². The van der Waals surface area contributed by atoms with E-state index < -0.39 is 72.6 Å². The third-order valence-electron chi connectivity index (χ3n) is 6.56. The second-order valence-corrected chi connectivity index (χ2v) is 9.53. The van der Waals surface area contributed by atoms with Gasteiger partial charge in [-0.15, -0.1) is 0 Å². The van der Waals surface area contributed by atoms with Gasteiger partial charge in [-0.1, -0.05) is 38.5 Å². The Kier molecular flexibility index (Phi) is 11.6. The van der Waals surface area contributed by atoms with Crippen molar-refractivity contribution in [2.24, 2.45) is 11.7 Å². The van der Waals surface area contributed by atoms with Crippen LogP contribution in [0.5, 0.6) is 0 Å². The van der Waals surface area contributed by atoms with Gasteiger partial charge >= 0.3 is 17.9 Å². The third kappa shape index (κ3) is 9.08. The maximum absolute atomic E-state index is 13.3. The van der Waals surface area contributed by atoms with E-state index in [0.717, 1.165) is 10.9 Å². The lowest BCUT2D eigenvalue weighted by Crippen LogP contribution is -2.58. The van der Waals surface area contributed by atoms with Gasteiger partial charge in [-0.05, 0) is 24.0 Å². The molecule has 9 N–H and O–H groups in total. The SMILES string of the molecule is CCC(C)C(N)C(=O)NC(CCC(=O)O)C(=O)NC(Cc1c[nH]c2ccccc12)C(=O)NC(CC(=O)O)C(=O)O. The Morgan fingerprint density at radius 3 is 2.08 bits per heavy atom. The molecule has 218 valence electrons. The van der Waals surface area contributed by atoms with Crippen LogP contribution in [0.2, 0.25) is 0 Å². The minimum Gasteiger partial charge on any atom is -0.481 e. The van der Waals surface area contributed by atoms with Gasteiger partial charge in [-0.25, -0.2) is 4.79 Å². The normalized spacial score (nSPS) is 14.8. The summed E-state index contributed by atoms with van der Waals surface area (Å²) in [6.45, 7) is 3.57. The largest absolute Gasteiger partial charge is 0.481 e. The Morgan fingerprint density at radius 2 is 1.48 bits per heavy atom. The molecular formula is C26H35N5O9. The number of H-pyrrole nitrogens is 1. The molecule has 0 spiro atoms. The van der Waals surface area contributed by atoms with Crippen LogP contribution in [0.25, 0.3) is 10.9 Å². The molecule has 0 aliphatic carbocycles. The minimum absolute atomic E-state index is 0.132. The number of carbonyl (C=O) groups is 6. The van der Waals surface area contributed by atoms with Crippen molar-refractivity contribution in [1.82, 2.24) is 20.9 Å². The average Bonchev–Trinajstić information content (AvgIpc) is 3.31. The first kappa shape index (κ1) is 31.8. The Bertz CT molecular complexity index is 1240. The van der Waals surface area contributed by atoms with Crippen molar-refractivity contribution in [3.05, 3.63) is 36.0 Å². The van der Waals surface area contributed by atoms with Crippen molar-refractivity contribution >= 4 is 46.5 Å². The van der Waals surface area contributed by atoms with E-state index >= 15 is 0 Å². The molecular weight excluding hydrogens is 526 g/mol. The van der Waals surface area contributed by atoms with Crippen molar-refractivity contribution in [1.29, 1.82) is 0 Å². The Hall–Kier alpha value is -4.46. The van der Waals surface area contributed by atoms with Crippen molar-refractivity contribution in [2.45, 2.75) is 70.1 Å². The fraction of sp³-hybridized carbons (Fsp3) is 0.462. The number of hydrogen-bond donors (Lipinski definition) is 8. The number of nitrogens with one attached hydrogen (secondary N) is 4. The molecule has 0 radical (unpaired) electrons. The Labute approximate surface area is 229 Å². The van der Waals surface area contributed by atoms with E-state index in [1.54, 1.807) is 37.4 Å². The first-order valence-electron chi connectivity index (χ1n) is 12.7. The molecule has 0 aliphatic rings. The van der Waals surface area contributed by atoms with E-state index in [1.807, 2.05) is 6.92 Å². The summed E-state index contributed by atoms with van der Waals surface area (Å²) in [6, 6.07) is 1.59. The smallest absolute Gasteiger partial charge is 0.326 e. The van der Waals surface area contributed by atoms with Crippen molar-refractivity contribution in [2.75, 3.05) is 0 Å². The van der Waals surface area contributed by atoms with Gasteiger partial charge in [0.25, 0.3) is 0 Å². The van der Waals surface area contributed by atoms with Gasteiger partial charge in [-0.3, -0.25) is 24.0 Å². The van der Waals surface area contributed by atoms with Gasteiger partial charge in [-0.2, -0.15) is 0 Å². The lowest BCUT2D eigenvalue weighted by molar-refractivity contribution is -0.147. The molecule has 5 unspecified atom stereocenters. The summed E-state index contributed by atoms with van der Waals surface area (Å²) >= 11 is 0. The van der Waals surface area contributed by atoms with E-state index in [2.05, 4.69) is 20.9 Å². The quantitative estimate of drug-likeness (QED) is 0.136. The van der Waals surface area contributed by atoms with Crippen molar-refractivity contribution in [3.63, 3.8) is 0 Å². The topological polar surface area (TPSA) is 241 Å². The number of aromatic amines is 1. The van der Waals surface area contributed by atoms with Crippen LogP contribution in [-0.2, 0) is 35.2 Å². The molecule has 1 aromatic carbocycles. The monoisotopic (exact) mass is 561 g/mol. The van der Waals surface area contributed by atoms with Gasteiger partial charge in [0, 0.05) is 29.9 Å². The van der Waals surface area contributed by atoms with E-state index in [4.69, 9.17) is 15.9 Å². The predicted octanol–water partition coefficient (Wildman–Crippen LogP) is -0.0377. The third-order valence-corrected chi connectivity index (χ3v) is 6.56. The van der Waals surface area contributed by atoms with Crippen LogP contribution in [0.3, 0.4) is 0 Å². The fourth-order valence-corrected chi connectivity index (χ4v) is 3.97. The number of carbonyl (C=O) groups excluding carboxylic acids is 3. The van der Waals surface area contributed by atoms with E-state index in [0.29, 0.717) is 12.0 Å². The van der Waals surface area contributed by atoms with Crippen LogP contribution in [-0.4, -0.2) is 80.1 Å². The zero-order chi connectivity index (χ0) is 30.0. The van der Waals surface area contributed by atoms with E-state index in [9.17, 15) is 33.9 Å². The number of carboxylic acid groups (broad SMARTS) is 3. The van der Waals surface area contributed by atoms with Gasteiger partial charge in [0.1, 0.15) is 18.1 Å². The second-order valence-electron chi connectivity index (χ2n) is 9.53. The van der Waals surface area contributed by atoms with Gasteiger partial charge < -0.3 is 42.0 Å². The highest BCUT2D eigenvalue weighted by atomic mass is 16.4. The van der Waals surface area contributed by atoms with Crippen LogP contribution >= 0.6 is 0 Å². The summed E-state index contributed by atoms with van der Waals surface area (Å²) in [6.07, 6.45) is 0.368.